The average Bonchev–Trinajstić information content (AvgIpc) is 2.30. The highest BCUT2D eigenvalue weighted by atomic mass is 31.3. The molecule has 16 heavy (non-hydrogen) atoms. The normalized spacial score (nSPS) is 42.0. The van der Waals surface area contributed by atoms with E-state index in [2.05, 4.69) is 0 Å². The minimum absolute atomic E-state index is 1.65. The molecule has 1 aliphatic rings. The molecular weight excluding hydrogens is 332 g/mol. The molecule has 0 amide bonds. The van der Waals surface area contributed by atoms with E-state index in [1.165, 1.54) is 0 Å². The molecule has 0 radical (unpaired) electrons. The Labute approximate surface area is 88.4 Å². The summed E-state index contributed by atoms with van der Waals surface area (Å²) in [5, 5.41) is 0. The van der Waals surface area contributed by atoms with Crippen molar-refractivity contribution < 1.29 is 34.7 Å². The lowest BCUT2D eigenvalue weighted by molar-refractivity contribution is 0.128. The molecule has 1 saturated heterocycles. The van der Waals surface area contributed by atoms with E-state index < -0.39 is 52.8 Å². The van der Waals surface area contributed by atoms with Crippen LogP contribution in [-0.2, 0) is 0 Å². The molecule has 16 heteroatoms. The fourth-order valence-electron chi connectivity index (χ4n) is 0.487. The number of hydrogen-bond donors (Lipinski definition) is 0. The number of halogens is 8. The lowest BCUT2D eigenvalue weighted by Gasteiger charge is -2.31. The first-order chi connectivity index (χ1) is 7.29. The van der Waals surface area contributed by atoms with Gasteiger partial charge in [-0.05, 0) is 18.7 Å². The SMILES string of the molecule is FN1P(F)N(F)P(F)N(F)P(F)N(F)P1F. The first-order valence-electron chi connectivity index (χ1n) is 2.95. The zero-order valence-electron chi connectivity index (χ0n) is 6.60. The fraction of sp³-hybridized carbons (Fsp3) is 0. The maximum atomic E-state index is 12.6. The van der Waals surface area contributed by atoms with E-state index in [1.807, 2.05) is 0 Å². The Kier molecular flexibility index (Phi) is 5.42. The van der Waals surface area contributed by atoms with Gasteiger partial charge in [0.15, 0.2) is 0 Å². The first kappa shape index (κ1) is 15.1. The van der Waals surface area contributed by atoms with Crippen LogP contribution >= 0.6 is 34.1 Å². The van der Waals surface area contributed by atoms with Gasteiger partial charge >= 0.3 is 34.1 Å². The molecule has 96 valence electrons. The molecule has 1 rings (SSSR count). The Morgan fingerprint density at radius 3 is 0.688 bits per heavy atom. The Morgan fingerprint density at radius 2 is 0.562 bits per heavy atom. The third-order valence-corrected chi connectivity index (χ3v) is 6.81. The molecule has 1 heterocycles. The van der Waals surface area contributed by atoms with Gasteiger partial charge in [-0.15, -0.1) is 17.9 Å². The van der Waals surface area contributed by atoms with Gasteiger partial charge in [0.1, 0.15) is 0 Å². The van der Waals surface area contributed by atoms with Crippen LogP contribution in [-0.4, -0.2) is 18.7 Å². The molecule has 0 spiro atoms. The predicted octanol–water partition coefficient (Wildman–Crippen LogP) is 5.53. The molecule has 0 saturated carbocycles. The van der Waals surface area contributed by atoms with E-state index in [1.54, 1.807) is 0 Å². The van der Waals surface area contributed by atoms with E-state index in [-0.39, 0.29) is 0 Å². The van der Waals surface area contributed by atoms with Gasteiger partial charge in [0.05, 0.1) is 0 Å². The summed E-state index contributed by atoms with van der Waals surface area (Å²) in [6.07, 6.45) is 0. The summed E-state index contributed by atoms with van der Waals surface area (Å²) in [5.74, 6) is 0. The van der Waals surface area contributed by atoms with Gasteiger partial charge in [-0.25, -0.2) is 0 Å². The van der Waals surface area contributed by atoms with Crippen LogP contribution < -0.4 is 0 Å². The summed E-state index contributed by atoms with van der Waals surface area (Å²) < 4.78 is 93.8. The van der Waals surface area contributed by atoms with Crippen molar-refractivity contribution in [2.45, 2.75) is 0 Å². The van der Waals surface area contributed by atoms with Crippen LogP contribution in [0.5, 0.6) is 0 Å². The quantitative estimate of drug-likeness (QED) is 0.328. The van der Waals surface area contributed by atoms with Crippen LogP contribution in [0.3, 0.4) is 0 Å². The Hall–Kier alpha value is 1.000. The van der Waals surface area contributed by atoms with E-state index in [4.69, 9.17) is 0 Å². The lowest BCUT2D eigenvalue weighted by atomic mass is 13.6. The van der Waals surface area contributed by atoms with Gasteiger partial charge < -0.3 is 0 Å². The predicted molar refractivity (Wildman–Crippen MR) is 43.9 cm³/mol. The highest BCUT2D eigenvalue weighted by Crippen LogP contribution is 2.79. The van der Waals surface area contributed by atoms with Crippen molar-refractivity contribution in [2.24, 2.45) is 0 Å². The monoisotopic (exact) mass is 332 g/mol. The Bertz CT molecular complexity index is 156. The fourth-order valence-corrected chi connectivity index (χ4v) is 5.37. The second-order valence-corrected chi connectivity index (χ2v) is 7.92. The second-order valence-electron chi connectivity index (χ2n) is 1.93. The first-order valence-corrected chi connectivity index (χ1v) is 7.50. The number of hydrogen-bond acceptors (Lipinski definition) is 4. The highest BCUT2D eigenvalue weighted by Gasteiger charge is 2.54. The molecule has 1 aliphatic heterocycles. The van der Waals surface area contributed by atoms with Crippen LogP contribution in [0.2, 0.25) is 0 Å². The van der Waals surface area contributed by atoms with Crippen molar-refractivity contribution in [3.05, 3.63) is 0 Å². The Morgan fingerprint density at radius 1 is 0.438 bits per heavy atom. The minimum atomic E-state index is -4.39. The Balaban J connectivity index is 2.98. The number of nitrogens with zero attached hydrogens (tertiary/aromatic N) is 4. The van der Waals surface area contributed by atoms with Crippen LogP contribution in [0.1, 0.15) is 0 Å². The molecule has 0 bridgehead atoms. The van der Waals surface area contributed by atoms with Gasteiger partial charge in [-0.1, -0.05) is 0 Å². The van der Waals surface area contributed by atoms with Crippen LogP contribution in [0.4, 0.5) is 34.7 Å². The molecule has 0 aromatic carbocycles. The zero-order chi connectivity index (χ0) is 12.6. The van der Waals surface area contributed by atoms with Gasteiger partial charge in [-0.2, -0.15) is 16.8 Å². The topological polar surface area (TPSA) is 13.0 Å². The lowest BCUT2D eigenvalue weighted by Crippen LogP contribution is -2.19. The van der Waals surface area contributed by atoms with E-state index >= 15 is 0 Å². The maximum Gasteiger partial charge on any atom is 0.309 e. The molecule has 0 unspecified atom stereocenters. The van der Waals surface area contributed by atoms with Crippen molar-refractivity contribution in [2.75, 3.05) is 0 Å². The van der Waals surface area contributed by atoms with Gasteiger partial charge in [-0.3, -0.25) is 0 Å². The smallest absolute Gasteiger partial charge is 0.184 e. The largest absolute Gasteiger partial charge is 0.309 e. The van der Waals surface area contributed by atoms with Gasteiger partial charge in [0, 0.05) is 0 Å². The van der Waals surface area contributed by atoms with Crippen molar-refractivity contribution in [1.82, 2.24) is 18.7 Å². The maximum absolute atomic E-state index is 12.6. The molecule has 0 N–H and O–H groups in total. The van der Waals surface area contributed by atoms with E-state index in [9.17, 15) is 34.7 Å². The van der Waals surface area contributed by atoms with E-state index in [0.29, 0.717) is 0 Å². The summed E-state index contributed by atoms with van der Waals surface area (Å²) in [7, 11) is -17.5. The van der Waals surface area contributed by atoms with Crippen LogP contribution in [0.15, 0.2) is 0 Å². The summed E-state index contributed by atoms with van der Waals surface area (Å²) in [6, 6.07) is 0. The van der Waals surface area contributed by atoms with Crippen molar-refractivity contribution >= 4 is 34.1 Å². The zero-order valence-corrected chi connectivity index (χ0v) is 10.2. The summed E-state index contributed by atoms with van der Waals surface area (Å²) in [6.45, 7) is 0. The molecule has 0 aromatic rings. The van der Waals surface area contributed by atoms with Crippen molar-refractivity contribution in [3.63, 3.8) is 0 Å². The van der Waals surface area contributed by atoms with E-state index in [0.717, 1.165) is 0 Å². The van der Waals surface area contributed by atoms with Crippen LogP contribution in [0.25, 0.3) is 0 Å². The molecule has 0 aromatic heterocycles. The third-order valence-electron chi connectivity index (χ3n) is 1.09. The van der Waals surface area contributed by atoms with Crippen molar-refractivity contribution in [1.29, 1.82) is 0 Å². The molecular formula is F8N4P4. The van der Waals surface area contributed by atoms with Crippen LogP contribution in [0, 0.1) is 0 Å². The van der Waals surface area contributed by atoms with Gasteiger partial charge in [0.2, 0.25) is 0 Å². The molecule has 0 aliphatic carbocycles. The standard InChI is InChI=1S/F8N4P4/c1-9-13(5)10(2)15(7)12(4)16(8)11(3)14(9)6. The summed E-state index contributed by atoms with van der Waals surface area (Å²) >= 11 is 0. The summed E-state index contributed by atoms with van der Waals surface area (Å²) in [5.41, 5.74) is 0. The molecule has 0 atom stereocenters. The number of rotatable bonds is 0. The van der Waals surface area contributed by atoms with Gasteiger partial charge in [0.25, 0.3) is 0 Å². The summed E-state index contributed by atoms with van der Waals surface area (Å²) in [4.78, 5) is 0. The van der Waals surface area contributed by atoms with Crippen molar-refractivity contribution in [3.8, 4) is 0 Å². The molecule has 4 nitrogen and oxygen atoms in total. The minimum Gasteiger partial charge on any atom is -0.184 e. The average molecular weight is 332 g/mol. The molecule has 1 fully saturated rings. The third kappa shape index (κ3) is 2.70. The second kappa shape index (κ2) is 5.76. The highest BCUT2D eigenvalue weighted by molar-refractivity contribution is 7.77.